The summed E-state index contributed by atoms with van der Waals surface area (Å²) in [6, 6.07) is 11.9. The van der Waals surface area contributed by atoms with Crippen LogP contribution in [0, 0.1) is 0 Å². The molecule has 2 aromatic carbocycles. The maximum atomic E-state index is 11.9. The number of nitrogens with zero attached hydrogens (tertiary/aromatic N) is 1. The van der Waals surface area contributed by atoms with Crippen LogP contribution < -0.4 is 5.43 Å². The minimum Gasteiger partial charge on any atom is -0.504 e. The average molecular weight is 294 g/mol. The van der Waals surface area contributed by atoms with E-state index in [4.69, 9.17) is 0 Å². The first-order chi connectivity index (χ1) is 10.6. The number of fused-ring (bicyclic) bond motifs is 1. The molecule has 0 unspecified atom stereocenters. The van der Waals surface area contributed by atoms with Crippen LogP contribution in [0.3, 0.4) is 0 Å². The van der Waals surface area contributed by atoms with Crippen LogP contribution in [0.25, 0.3) is 5.57 Å². The summed E-state index contributed by atoms with van der Waals surface area (Å²) in [4.78, 5) is 11.9. The van der Waals surface area contributed by atoms with Crippen LogP contribution in [0.4, 0.5) is 0 Å². The van der Waals surface area contributed by atoms with Crippen LogP contribution >= 0.6 is 0 Å². The molecule has 0 spiro atoms. The highest BCUT2D eigenvalue weighted by atomic mass is 16.3. The Kier molecular flexibility index (Phi) is 3.62. The lowest BCUT2D eigenvalue weighted by atomic mass is 10.1. The van der Waals surface area contributed by atoms with Crippen molar-refractivity contribution in [3.8, 4) is 11.5 Å². The first-order valence-electron chi connectivity index (χ1n) is 6.79. The molecule has 0 radical (unpaired) electrons. The van der Waals surface area contributed by atoms with Gasteiger partial charge in [-0.2, -0.15) is 5.10 Å². The zero-order valence-corrected chi connectivity index (χ0v) is 11.7. The van der Waals surface area contributed by atoms with Crippen molar-refractivity contribution in [2.24, 2.45) is 5.10 Å². The minimum atomic E-state index is -0.460. The van der Waals surface area contributed by atoms with Crippen LogP contribution in [0.15, 0.2) is 53.6 Å². The van der Waals surface area contributed by atoms with Crippen LogP contribution in [0.2, 0.25) is 0 Å². The molecule has 5 nitrogen and oxygen atoms in total. The SMILES string of the molecule is O=C(N/N=C/C1=CCc2ccccc21)c1ccc(O)c(O)c1. The zero-order valence-electron chi connectivity index (χ0n) is 11.7. The molecule has 1 amide bonds. The van der Waals surface area contributed by atoms with Gasteiger partial charge in [0.1, 0.15) is 0 Å². The van der Waals surface area contributed by atoms with Gasteiger partial charge >= 0.3 is 0 Å². The second kappa shape index (κ2) is 5.73. The van der Waals surface area contributed by atoms with E-state index in [0.717, 1.165) is 17.6 Å². The highest BCUT2D eigenvalue weighted by molar-refractivity contribution is 6.12. The lowest BCUT2D eigenvalue weighted by Gasteiger charge is -2.03. The summed E-state index contributed by atoms with van der Waals surface area (Å²) in [7, 11) is 0. The van der Waals surface area contributed by atoms with Gasteiger partial charge in [-0.25, -0.2) is 5.43 Å². The van der Waals surface area contributed by atoms with Gasteiger partial charge in [0.05, 0.1) is 6.21 Å². The van der Waals surface area contributed by atoms with E-state index in [1.54, 1.807) is 6.21 Å². The molecule has 0 saturated carbocycles. The molecule has 0 aromatic heterocycles. The molecule has 0 saturated heterocycles. The van der Waals surface area contributed by atoms with Gasteiger partial charge in [-0.15, -0.1) is 0 Å². The Balaban J connectivity index is 1.68. The number of phenols is 2. The van der Waals surface area contributed by atoms with E-state index in [2.05, 4.69) is 16.6 Å². The van der Waals surface area contributed by atoms with Crippen molar-refractivity contribution in [3.05, 3.63) is 65.2 Å². The molecule has 0 atom stereocenters. The van der Waals surface area contributed by atoms with Gasteiger partial charge in [0, 0.05) is 5.56 Å². The number of aromatic hydroxyl groups is 2. The summed E-state index contributed by atoms with van der Waals surface area (Å²) in [6.07, 6.45) is 4.51. The van der Waals surface area contributed by atoms with Crippen molar-refractivity contribution in [1.82, 2.24) is 5.43 Å². The van der Waals surface area contributed by atoms with Crippen molar-refractivity contribution < 1.29 is 15.0 Å². The van der Waals surface area contributed by atoms with Crippen molar-refractivity contribution >= 4 is 17.7 Å². The third-order valence-electron chi connectivity index (χ3n) is 3.48. The number of hydrogen-bond acceptors (Lipinski definition) is 4. The number of phenolic OH excluding ortho intramolecular Hbond substituents is 2. The number of benzene rings is 2. The Bertz CT molecular complexity index is 794. The van der Waals surface area contributed by atoms with E-state index >= 15 is 0 Å². The zero-order chi connectivity index (χ0) is 15.5. The van der Waals surface area contributed by atoms with E-state index < -0.39 is 5.91 Å². The van der Waals surface area contributed by atoms with Crippen LogP contribution in [0.1, 0.15) is 21.5 Å². The molecule has 0 aliphatic heterocycles. The summed E-state index contributed by atoms with van der Waals surface area (Å²) in [6.45, 7) is 0. The molecule has 0 heterocycles. The van der Waals surface area contributed by atoms with Gasteiger partial charge in [-0.1, -0.05) is 30.3 Å². The van der Waals surface area contributed by atoms with E-state index in [9.17, 15) is 15.0 Å². The van der Waals surface area contributed by atoms with Gasteiger partial charge in [0.25, 0.3) is 5.91 Å². The fourth-order valence-electron chi connectivity index (χ4n) is 2.32. The molecule has 110 valence electrons. The Labute approximate surface area is 127 Å². The topological polar surface area (TPSA) is 81.9 Å². The molecule has 0 bridgehead atoms. The number of carbonyl (C=O) groups is 1. The average Bonchev–Trinajstić information content (AvgIpc) is 2.93. The summed E-state index contributed by atoms with van der Waals surface area (Å²) >= 11 is 0. The summed E-state index contributed by atoms with van der Waals surface area (Å²) in [5.41, 5.74) is 5.93. The number of hydrogen-bond donors (Lipinski definition) is 3. The van der Waals surface area contributed by atoms with Gasteiger partial charge in [-0.3, -0.25) is 4.79 Å². The molecular weight excluding hydrogens is 280 g/mol. The van der Waals surface area contributed by atoms with Gasteiger partial charge in [-0.05, 0) is 41.3 Å². The maximum absolute atomic E-state index is 11.9. The molecule has 5 heteroatoms. The standard InChI is InChI=1S/C17H14N2O3/c20-15-8-7-12(9-16(15)21)17(22)19-18-10-13-6-5-11-3-1-2-4-14(11)13/h1-4,6-10,20-21H,5H2,(H,19,22)/b18-10+. The fraction of sp³-hybridized carbons (Fsp3) is 0.0588. The number of carbonyl (C=O) groups excluding carboxylic acids is 1. The number of amides is 1. The monoisotopic (exact) mass is 294 g/mol. The van der Waals surface area contributed by atoms with E-state index in [1.165, 1.54) is 23.8 Å². The Hall–Kier alpha value is -3.08. The second-order valence-corrected chi connectivity index (χ2v) is 4.92. The molecule has 0 fully saturated rings. The predicted octanol–water partition coefficient (Wildman–Crippen LogP) is 2.45. The fourth-order valence-corrected chi connectivity index (χ4v) is 2.32. The van der Waals surface area contributed by atoms with E-state index in [0.29, 0.717) is 0 Å². The maximum Gasteiger partial charge on any atom is 0.271 e. The van der Waals surface area contributed by atoms with Crippen LogP contribution in [-0.4, -0.2) is 22.3 Å². The molecule has 3 rings (SSSR count). The third-order valence-corrected chi connectivity index (χ3v) is 3.48. The molecular formula is C17H14N2O3. The third kappa shape index (κ3) is 2.69. The largest absolute Gasteiger partial charge is 0.504 e. The van der Waals surface area contributed by atoms with E-state index in [1.807, 2.05) is 24.3 Å². The van der Waals surface area contributed by atoms with Crippen LogP contribution in [-0.2, 0) is 6.42 Å². The van der Waals surface area contributed by atoms with Gasteiger partial charge in [0.2, 0.25) is 0 Å². The lowest BCUT2D eigenvalue weighted by Crippen LogP contribution is -2.17. The first-order valence-corrected chi connectivity index (χ1v) is 6.79. The summed E-state index contributed by atoms with van der Waals surface area (Å²) in [5, 5.41) is 22.5. The first kappa shape index (κ1) is 13.9. The Morgan fingerprint density at radius 1 is 1.14 bits per heavy atom. The summed E-state index contributed by atoms with van der Waals surface area (Å²) < 4.78 is 0. The molecule has 2 aromatic rings. The number of hydrazone groups is 1. The Morgan fingerprint density at radius 3 is 2.77 bits per heavy atom. The highest BCUT2D eigenvalue weighted by Crippen LogP contribution is 2.26. The lowest BCUT2D eigenvalue weighted by molar-refractivity contribution is 0.0954. The normalized spacial score (nSPS) is 13.0. The van der Waals surface area contributed by atoms with Crippen LogP contribution in [0.5, 0.6) is 11.5 Å². The van der Waals surface area contributed by atoms with E-state index in [-0.39, 0.29) is 17.1 Å². The van der Waals surface area contributed by atoms with Gasteiger partial charge in [0.15, 0.2) is 11.5 Å². The summed E-state index contributed by atoms with van der Waals surface area (Å²) in [5.74, 6) is -1.07. The number of nitrogens with one attached hydrogen (secondary N) is 1. The van der Waals surface area contributed by atoms with Crippen molar-refractivity contribution in [2.45, 2.75) is 6.42 Å². The molecule has 1 aliphatic rings. The molecule has 22 heavy (non-hydrogen) atoms. The minimum absolute atomic E-state index is 0.216. The quantitative estimate of drug-likeness (QED) is 0.462. The second-order valence-electron chi connectivity index (χ2n) is 4.92. The van der Waals surface area contributed by atoms with Crippen molar-refractivity contribution in [1.29, 1.82) is 0 Å². The number of rotatable bonds is 3. The number of allylic oxidation sites excluding steroid dienone is 2. The van der Waals surface area contributed by atoms with Gasteiger partial charge < -0.3 is 10.2 Å². The smallest absolute Gasteiger partial charge is 0.271 e. The van der Waals surface area contributed by atoms with Crippen molar-refractivity contribution in [3.63, 3.8) is 0 Å². The predicted molar refractivity (Wildman–Crippen MR) is 83.9 cm³/mol. The highest BCUT2D eigenvalue weighted by Gasteiger charge is 2.11. The Morgan fingerprint density at radius 2 is 1.95 bits per heavy atom. The van der Waals surface area contributed by atoms with Crippen molar-refractivity contribution in [2.75, 3.05) is 0 Å². The molecule has 1 aliphatic carbocycles. The molecule has 3 N–H and O–H groups in total.